The minimum absolute atomic E-state index is 0.408. The molecule has 8 heteroatoms. The largest absolute Gasteiger partial charge is 0.488 e. The minimum Gasteiger partial charge on any atom is -0.488 e. The van der Waals surface area contributed by atoms with Gasteiger partial charge in [0.25, 0.3) is 0 Å². The lowest BCUT2D eigenvalue weighted by Gasteiger charge is -2.10. The zero-order valence-electron chi connectivity index (χ0n) is 14.9. The number of hydrazone groups is 1. The van der Waals surface area contributed by atoms with Crippen molar-refractivity contribution < 1.29 is 17.9 Å². The number of hydrogen-bond donors (Lipinski definition) is 1. The number of hydrogen-bond acceptors (Lipinski definition) is 3. The van der Waals surface area contributed by atoms with Gasteiger partial charge in [0.1, 0.15) is 12.4 Å². The lowest BCUT2D eigenvalue weighted by atomic mass is 10.2. The van der Waals surface area contributed by atoms with E-state index in [0.717, 1.165) is 31.3 Å². The normalized spacial score (nSPS) is 11.6. The van der Waals surface area contributed by atoms with E-state index in [1.807, 2.05) is 42.5 Å². The van der Waals surface area contributed by atoms with E-state index in [0.29, 0.717) is 18.0 Å². The Morgan fingerprint density at radius 1 is 1.00 bits per heavy atom. The summed E-state index contributed by atoms with van der Waals surface area (Å²) in [7, 11) is 0. The Kier molecular flexibility index (Phi) is 7.18. The molecule has 0 spiro atoms. The van der Waals surface area contributed by atoms with Gasteiger partial charge in [0.15, 0.2) is 0 Å². The van der Waals surface area contributed by atoms with Gasteiger partial charge in [0, 0.05) is 13.6 Å². The summed E-state index contributed by atoms with van der Waals surface area (Å²) in [6, 6.07) is 18.2. The van der Waals surface area contributed by atoms with Crippen LogP contribution < -0.4 is 10.2 Å². The average molecular weight is 575 g/mol. The third-order valence-corrected chi connectivity index (χ3v) is 5.10. The van der Waals surface area contributed by atoms with E-state index in [9.17, 15) is 13.2 Å². The first kappa shape index (κ1) is 21.6. The Morgan fingerprint density at radius 3 is 2.34 bits per heavy atom. The van der Waals surface area contributed by atoms with Crippen LogP contribution in [0.2, 0.25) is 0 Å². The van der Waals surface area contributed by atoms with Crippen molar-refractivity contribution in [1.29, 1.82) is 0 Å². The third kappa shape index (κ3) is 6.46. The monoisotopic (exact) mass is 574 g/mol. The fourth-order valence-corrected chi connectivity index (χ4v) is 3.14. The molecule has 0 atom stereocenters. The van der Waals surface area contributed by atoms with E-state index in [-0.39, 0.29) is 0 Å². The summed E-state index contributed by atoms with van der Waals surface area (Å²) in [6.45, 7) is 0.408. The number of nitrogens with one attached hydrogen (secondary N) is 1. The highest BCUT2D eigenvalue weighted by molar-refractivity contribution is 14.1. The predicted octanol–water partition coefficient (Wildman–Crippen LogP) is 7.10. The van der Waals surface area contributed by atoms with Gasteiger partial charge in [0.05, 0.1) is 17.5 Å². The molecule has 0 unspecified atom stereocenters. The molecule has 3 nitrogen and oxygen atoms in total. The summed E-state index contributed by atoms with van der Waals surface area (Å²) in [5, 5.41) is 4.11. The van der Waals surface area contributed by atoms with E-state index in [1.165, 1.54) is 12.1 Å². The van der Waals surface area contributed by atoms with Crippen LogP contribution in [0.4, 0.5) is 18.9 Å². The second-order valence-electron chi connectivity index (χ2n) is 6.04. The van der Waals surface area contributed by atoms with Crippen molar-refractivity contribution in [2.24, 2.45) is 5.10 Å². The molecule has 3 aromatic carbocycles. The number of benzene rings is 3. The van der Waals surface area contributed by atoms with E-state index in [4.69, 9.17) is 4.74 Å². The van der Waals surface area contributed by atoms with Crippen molar-refractivity contribution in [3.63, 3.8) is 0 Å². The first-order valence-corrected chi connectivity index (χ1v) is 10.3. The predicted molar refractivity (Wildman–Crippen MR) is 120 cm³/mol. The van der Waals surface area contributed by atoms with Crippen molar-refractivity contribution in [3.05, 3.63) is 91.5 Å². The SMILES string of the molecule is FC(F)(F)c1ccc(N/N=C/c2cc(Br)ccc2OCc2ccc(I)cc2)cc1. The number of halogens is 5. The van der Waals surface area contributed by atoms with Gasteiger partial charge in [-0.1, -0.05) is 28.1 Å². The number of ether oxygens (including phenoxy) is 1. The van der Waals surface area contributed by atoms with Gasteiger partial charge < -0.3 is 4.74 Å². The molecule has 0 aliphatic rings. The Balaban J connectivity index is 1.68. The second kappa shape index (κ2) is 9.62. The molecule has 0 bridgehead atoms. The van der Waals surface area contributed by atoms with Gasteiger partial charge in [-0.05, 0) is 82.8 Å². The number of alkyl halides is 3. The van der Waals surface area contributed by atoms with Crippen molar-refractivity contribution in [2.45, 2.75) is 12.8 Å². The van der Waals surface area contributed by atoms with Crippen LogP contribution in [0.25, 0.3) is 0 Å². The summed E-state index contributed by atoms with van der Waals surface area (Å²) in [5.41, 5.74) is 4.24. The molecule has 0 amide bonds. The highest BCUT2D eigenvalue weighted by Crippen LogP contribution is 2.30. The summed E-state index contributed by atoms with van der Waals surface area (Å²) < 4.78 is 45.8. The van der Waals surface area contributed by atoms with Crippen LogP contribution in [0, 0.1) is 3.57 Å². The van der Waals surface area contributed by atoms with E-state index in [1.54, 1.807) is 6.21 Å². The molecule has 1 N–H and O–H groups in total. The smallest absolute Gasteiger partial charge is 0.416 e. The van der Waals surface area contributed by atoms with Crippen molar-refractivity contribution in [2.75, 3.05) is 5.43 Å². The van der Waals surface area contributed by atoms with Gasteiger partial charge in [-0.2, -0.15) is 18.3 Å². The highest BCUT2D eigenvalue weighted by Gasteiger charge is 2.29. The molecule has 29 heavy (non-hydrogen) atoms. The summed E-state index contributed by atoms with van der Waals surface area (Å²) >= 11 is 5.66. The molecule has 0 heterocycles. The first-order valence-electron chi connectivity index (χ1n) is 8.44. The molecule has 150 valence electrons. The van der Waals surface area contributed by atoms with Crippen LogP contribution in [0.1, 0.15) is 16.7 Å². The van der Waals surface area contributed by atoms with Gasteiger partial charge in [-0.15, -0.1) is 0 Å². The van der Waals surface area contributed by atoms with Crippen LogP contribution in [-0.4, -0.2) is 6.21 Å². The van der Waals surface area contributed by atoms with Crippen LogP contribution in [0.5, 0.6) is 5.75 Å². The van der Waals surface area contributed by atoms with E-state index >= 15 is 0 Å². The number of rotatable bonds is 6. The van der Waals surface area contributed by atoms with Crippen LogP contribution in [-0.2, 0) is 12.8 Å². The second-order valence-corrected chi connectivity index (χ2v) is 8.20. The van der Waals surface area contributed by atoms with Crippen LogP contribution in [0.3, 0.4) is 0 Å². The number of anilines is 1. The molecule has 0 aliphatic carbocycles. The van der Waals surface area contributed by atoms with Gasteiger partial charge in [-0.25, -0.2) is 0 Å². The maximum absolute atomic E-state index is 12.6. The Hall–Kier alpha value is -2.07. The Morgan fingerprint density at radius 2 is 1.69 bits per heavy atom. The summed E-state index contributed by atoms with van der Waals surface area (Å²) in [6.07, 6.45) is -2.80. The first-order chi connectivity index (χ1) is 13.8. The van der Waals surface area contributed by atoms with Crippen molar-refractivity contribution in [1.82, 2.24) is 0 Å². The van der Waals surface area contributed by atoms with E-state index in [2.05, 4.69) is 49.0 Å². The van der Waals surface area contributed by atoms with Crippen LogP contribution in [0.15, 0.2) is 76.3 Å². The lowest BCUT2D eigenvalue weighted by Crippen LogP contribution is -2.04. The molecule has 3 rings (SSSR count). The zero-order valence-corrected chi connectivity index (χ0v) is 18.6. The third-order valence-electron chi connectivity index (χ3n) is 3.89. The Bertz CT molecular complexity index is 990. The van der Waals surface area contributed by atoms with Crippen molar-refractivity contribution in [3.8, 4) is 5.75 Å². The maximum Gasteiger partial charge on any atom is 0.416 e. The Labute approximate surface area is 188 Å². The summed E-state index contributed by atoms with van der Waals surface area (Å²) in [4.78, 5) is 0. The molecule has 0 aliphatic heterocycles. The van der Waals surface area contributed by atoms with E-state index < -0.39 is 11.7 Å². The fourth-order valence-electron chi connectivity index (χ4n) is 2.40. The average Bonchev–Trinajstić information content (AvgIpc) is 2.68. The zero-order chi connectivity index (χ0) is 20.9. The quantitative estimate of drug-likeness (QED) is 0.194. The van der Waals surface area contributed by atoms with Crippen LogP contribution >= 0.6 is 38.5 Å². The molecular formula is C21H15BrF3IN2O. The van der Waals surface area contributed by atoms with Gasteiger partial charge >= 0.3 is 6.18 Å². The molecule has 0 saturated heterocycles. The minimum atomic E-state index is -4.36. The topological polar surface area (TPSA) is 33.6 Å². The molecule has 3 aromatic rings. The number of nitrogens with zero attached hydrogens (tertiary/aromatic N) is 1. The van der Waals surface area contributed by atoms with Gasteiger partial charge in [-0.3, -0.25) is 5.43 Å². The maximum atomic E-state index is 12.6. The van der Waals surface area contributed by atoms with Crippen molar-refractivity contribution >= 4 is 50.4 Å². The molecule has 0 fully saturated rings. The standard InChI is InChI=1S/C21H15BrF3IN2O/c22-17-5-10-20(29-13-14-1-6-18(26)7-2-14)15(11-17)12-27-28-19-8-3-16(4-9-19)21(23,24)25/h1-12,28H,13H2/b27-12+. The molecule has 0 saturated carbocycles. The molecular weight excluding hydrogens is 560 g/mol. The lowest BCUT2D eigenvalue weighted by molar-refractivity contribution is -0.137. The highest BCUT2D eigenvalue weighted by atomic mass is 127. The van der Waals surface area contributed by atoms with Gasteiger partial charge in [0.2, 0.25) is 0 Å². The summed E-state index contributed by atoms with van der Waals surface area (Å²) in [5.74, 6) is 0.643. The molecule has 0 aromatic heterocycles. The molecule has 0 radical (unpaired) electrons. The fraction of sp³-hybridized carbons (Fsp3) is 0.0952.